The number of carbonyl (C=O) groups excluding carboxylic acids is 2. The summed E-state index contributed by atoms with van der Waals surface area (Å²) in [5.74, 6) is 1.02. The minimum absolute atomic E-state index is 0.0374. The van der Waals surface area contributed by atoms with Gasteiger partial charge in [0.25, 0.3) is 5.91 Å². The van der Waals surface area contributed by atoms with Gasteiger partial charge in [0.15, 0.2) is 0 Å². The second-order valence-corrected chi connectivity index (χ2v) is 12.2. The summed E-state index contributed by atoms with van der Waals surface area (Å²) in [5.41, 5.74) is 3.03. The number of carbonyl (C=O) groups is 2. The Kier molecular flexibility index (Phi) is 9.43. The average molecular weight is 621 g/mol. The van der Waals surface area contributed by atoms with E-state index in [1.54, 1.807) is 17.9 Å². The molecule has 0 unspecified atom stereocenters. The Morgan fingerprint density at radius 3 is 2.37 bits per heavy atom. The van der Waals surface area contributed by atoms with Crippen LogP contribution in [0.15, 0.2) is 77.3 Å². The molecule has 3 aromatic carbocycles. The summed E-state index contributed by atoms with van der Waals surface area (Å²) in [6.45, 7) is 5.46. The molecule has 7 nitrogen and oxygen atoms in total. The molecule has 224 valence electrons. The summed E-state index contributed by atoms with van der Waals surface area (Å²) in [4.78, 5) is 31.0. The molecule has 0 radical (unpaired) electrons. The summed E-state index contributed by atoms with van der Waals surface area (Å²) in [6, 6.07) is 22.8. The molecule has 1 saturated heterocycles. The van der Waals surface area contributed by atoms with Crippen molar-refractivity contribution in [3.8, 4) is 17.0 Å². The third kappa shape index (κ3) is 7.06. The normalized spacial score (nSPS) is 14.4. The second kappa shape index (κ2) is 13.2. The van der Waals surface area contributed by atoms with Crippen molar-refractivity contribution in [1.82, 2.24) is 15.0 Å². The molecule has 2 heterocycles. The van der Waals surface area contributed by atoms with Gasteiger partial charge in [-0.3, -0.25) is 9.59 Å². The molecule has 1 fully saturated rings. The van der Waals surface area contributed by atoms with Gasteiger partial charge in [-0.1, -0.05) is 76.9 Å². The quantitative estimate of drug-likeness (QED) is 0.193. The molecule has 1 aromatic heterocycles. The summed E-state index contributed by atoms with van der Waals surface area (Å²) in [5, 5.41) is 5.34. The van der Waals surface area contributed by atoms with Gasteiger partial charge in [-0.15, -0.1) is 0 Å². The van der Waals surface area contributed by atoms with Gasteiger partial charge in [0.1, 0.15) is 22.8 Å². The Morgan fingerprint density at radius 1 is 0.977 bits per heavy atom. The number of aromatic nitrogens is 1. The highest BCUT2D eigenvalue weighted by atomic mass is 35.5. The van der Waals surface area contributed by atoms with E-state index in [-0.39, 0.29) is 11.8 Å². The predicted molar refractivity (Wildman–Crippen MR) is 168 cm³/mol. The molecule has 1 aliphatic rings. The molecule has 0 spiro atoms. The van der Waals surface area contributed by atoms with Crippen molar-refractivity contribution in [2.24, 2.45) is 5.41 Å². The van der Waals surface area contributed by atoms with Crippen LogP contribution in [-0.2, 0) is 11.3 Å². The number of likely N-dealkylation sites (tertiary alicyclic amines) is 1. The number of aryl methyl sites for hydroxylation is 2. The predicted octanol–water partition coefficient (Wildman–Crippen LogP) is 7.62. The molecule has 0 atom stereocenters. The summed E-state index contributed by atoms with van der Waals surface area (Å²) >= 11 is 12.7. The largest absolute Gasteiger partial charge is 0.493 e. The molecular weight excluding hydrogens is 585 g/mol. The van der Waals surface area contributed by atoms with Crippen molar-refractivity contribution in [3.05, 3.63) is 105 Å². The van der Waals surface area contributed by atoms with E-state index in [4.69, 9.17) is 32.5 Å². The molecule has 4 aromatic rings. The van der Waals surface area contributed by atoms with Crippen LogP contribution < -0.4 is 4.74 Å². The van der Waals surface area contributed by atoms with Crippen molar-refractivity contribution in [2.45, 2.75) is 39.7 Å². The van der Waals surface area contributed by atoms with Crippen molar-refractivity contribution in [1.29, 1.82) is 0 Å². The molecule has 0 bridgehead atoms. The van der Waals surface area contributed by atoms with E-state index in [1.165, 1.54) is 0 Å². The van der Waals surface area contributed by atoms with Crippen molar-refractivity contribution in [3.63, 3.8) is 0 Å². The lowest BCUT2D eigenvalue weighted by Gasteiger charge is -2.42. The van der Waals surface area contributed by atoms with Gasteiger partial charge in [-0.2, -0.15) is 0 Å². The maximum absolute atomic E-state index is 13.8. The number of amides is 2. The average Bonchev–Trinajstić information content (AvgIpc) is 3.39. The molecule has 9 heteroatoms. The van der Waals surface area contributed by atoms with Gasteiger partial charge in [0, 0.05) is 49.1 Å². The number of rotatable bonds is 9. The smallest absolute Gasteiger partial charge is 0.259 e. The van der Waals surface area contributed by atoms with E-state index >= 15 is 0 Å². The van der Waals surface area contributed by atoms with E-state index < -0.39 is 5.41 Å². The summed E-state index contributed by atoms with van der Waals surface area (Å²) in [6.07, 6.45) is 1.51. The first-order valence-corrected chi connectivity index (χ1v) is 15.1. The third-order valence-corrected chi connectivity index (χ3v) is 8.96. The fraction of sp³-hybridized carbons (Fsp3) is 0.324. The number of ether oxygens (including phenoxy) is 1. The number of halogens is 2. The maximum Gasteiger partial charge on any atom is 0.259 e. The highest BCUT2D eigenvalue weighted by molar-refractivity contribution is 6.33. The van der Waals surface area contributed by atoms with Crippen molar-refractivity contribution >= 4 is 35.0 Å². The Labute approximate surface area is 262 Å². The topological polar surface area (TPSA) is 75.9 Å². The lowest BCUT2D eigenvalue weighted by molar-refractivity contribution is -0.134. The second-order valence-electron chi connectivity index (χ2n) is 11.3. The summed E-state index contributed by atoms with van der Waals surface area (Å²) < 4.78 is 11.7. The SMILES string of the molecule is Cc1cc(OCC2(CC(=O)N(C)Cc3ccccc3)CCN(C(=O)c3c(-c4ccccc4Cl)noc3C)CC2)ccc1Cl. The van der Waals surface area contributed by atoms with E-state index in [2.05, 4.69) is 5.16 Å². The zero-order chi connectivity index (χ0) is 30.6. The number of hydrogen-bond donors (Lipinski definition) is 0. The number of nitrogens with zero attached hydrogens (tertiary/aromatic N) is 3. The molecule has 43 heavy (non-hydrogen) atoms. The first-order valence-electron chi connectivity index (χ1n) is 14.3. The van der Waals surface area contributed by atoms with Crippen molar-refractivity contribution in [2.75, 3.05) is 26.7 Å². The molecule has 0 aliphatic carbocycles. The monoisotopic (exact) mass is 619 g/mol. The Morgan fingerprint density at radius 2 is 1.67 bits per heavy atom. The van der Waals surface area contributed by atoms with Gasteiger partial charge in [0.05, 0.1) is 11.6 Å². The van der Waals surface area contributed by atoms with Crippen LogP contribution in [0.3, 0.4) is 0 Å². The number of hydrogen-bond acceptors (Lipinski definition) is 5. The van der Waals surface area contributed by atoms with Crippen molar-refractivity contribution < 1.29 is 18.8 Å². The minimum atomic E-state index is -0.457. The zero-order valence-electron chi connectivity index (χ0n) is 24.6. The highest BCUT2D eigenvalue weighted by Gasteiger charge is 2.40. The molecule has 1 aliphatic heterocycles. The summed E-state index contributed by atoms with van der Waals surface area (Å²) in [7, 11) is 1.83. The number of piperidine rings is 1. The highest BCUT2D eigenvalue weighted by Crippen LogP contribution is 2.39. The molecule has 2 amide bonds. The molecule has 5 rings (SSSR count). The fourth-order valence-corrected chi connectivity index (χ4v) is 5.86. The maximum atomic E-state index is 13.8. The van der Waals surface area contributed by atoms with Gasteiger partial charge in [-0.25, -0.2) is 0 Å². The van der Waals surface area contributed by atoms with Gasteiger partial charge in [-0.05, 0) is 62.1 Å². The van der Waals surface area contributed by atoms with Crippen LogP contribution in [-0.4, -0.2) is 53.5 Å². The van der Waals surface area contributed by atoms with Crippen LogP contribution in [0.25, 0.3) is 11.3 Å². The lowest BCUT2D eigenvalue weighted by Crippen LogP contribution is -2.47. The van der Waals surface area contributed by atoms with E-state index in [0.717, 1.165) is 11.1 Å². The Hall–Kier alpha value is -3.81. The molecule has 0 saturated carbocycles. The van der Waals surface area contributed by atoms with E-state index in [0.29, 0.717) is 83.9 Å². The minimum Gasteiger partial charge on any atom is -0.493 e. The molecule has 0 N–H and O–H groups in total. The van der Waals surface area contributed by atoms with E-state index in [9.17, 15) is 9.59 Å². The first kappa shape index (κ1) is 30.6. The van der Waals surface area contributed by atoms with Crippen LogP contribution in [0.4, 0.5) is 0 Å². The van der Waals surface area contributed by atoms with Crippen LogP contribution in [0.1, 0.15) is 46.5 Å². The lowest BCUT2D eigenvalue weighted by atomic mass is 9.75. The van der Waals surface area contributed by atoms with Crippen LogP contribution >= 0.6 is 23.2 Å². The molecular formula is C34H35Cl2N3O4. The third-order valence-electron chi connectivity index (χ3n) is 8.21. The van der Waals surface area contributed by atoms with Gasteiger partial charge >= 0.3 is 0 Å². The fourth-order valence-electron chi connectivity index (χ4n) is 5.52. The van der Waals surface area contributed by atoms with Crippen LogP contribution in [0.2, 0.25) is 10.0 Å². The van der Waals surface area contributed by atoms with Crippen LogP contribution in [0.5, 0.6) is 5.75 Å². The standard InChI is InChI=1S/C34H35Cl2N3O4/c1-23-19-26(13-14-28(23)35)42-22-34(20-30(40)38(3)21-25-9-5-4-6-10-25)15-17-39(18-16-34)33(41)31-24(2)43-37-32(31)27-11-7-8-12-29(27)36/h4-14,19H,15-18,20-22H2,1-3H3. The van der Waals surface area contributed by atoms with Gasteiger partial charge < -0.3 is 19.1 Å². The Balaban J connectivity index is 1.34. The van der Waals surface area contributed by atoms with E-state index in [1.807, 2.05) is 85.6 Å². The number of benzene rings is 3. The first-order chi connectivity index (χ1) is 20.7. The zero-order valence-corrected chi connectivity index (χ0v) is 26.1. The Bertz CT molecular complexity index is 1600. The van der Waals surface area contributed by atoms with Gasteiger partial charge in [0.2, 0.25) is 5.91 Å². The van der Waals surface area contributed by atoms with Crippen LogP contribution in [0, 0.1) is 19.3 Å².